The molecule has 2 aromatic carbocycles. The molecule has 21 heavy (non-hydrogen) atoms. The van der Waals surface area contributed by atoms with Crippen molar-refractivity contribution in [1.82, 2.24) is 0 Å². The van der Waals surface area contributed by atoms with Crippen LogP contribution in [-0.2, 0) is 0 Å². The molecule has 0 aliphatic carbocycles. The van der Waals surface area contributed by atoms with Crippen LogP contribution in [0.1, 0.15) is 11.1 Å². The third-order valence-electron chi connectivity index (χ3n) is 2.78. The Morgan fingerprint density at radius 2 is 1.05 bits per heavy atom. The predicted octanol–water partition coefficient (Wildman–Crippen LogP) is 1.67. The first-order valence-electron chi connectivity index (χ1n) is 6.21. The Hall–Kier alpha value is -3.02. The van der Waals surface area contributed by atoms with E-state index in [2.05, 4.69) is 0 Å². The second-order valence-electron chi connectivity index (χ2n) is 4.28. The molecule has 108 valence electrons. The minimum atomic E-state index is 0.0170. The van der Waals surface area contributed by atoms with Crippen LogP contribution >= 0.6 is 0 Å². The van der Waals surface area contributed by atoms with Crippen molar-refractivity contribution in [1.29, 1.82) is 10.8 Å². The molecule has 0 bridgehead atoms. The number of nitrogens with two attached hydrogens (primary N) is 2. The second-order valence-corrected chi connectivity index (χ2v) is 4.28. The van der Waals surface area contributed by atoms with E-state index in [0.29, 0.717) is 22.6 Å². The number of ether oxygens (including phenoxy) is 2. The Labute approximate surface area is 122 Å². The van der Waals surface area contributed by atoms with Crippen molar-refractivity contribution >= 4 is 11.7 Å². The third-order valence-corrected chi connectivity index (χ3v) is 2.78. The Balaban J connectivity index is 1.86. The van der Waals surface area contributed by atoms with Crippen molar-refractivity contribution in [3.63, 3.8) is 0 Å². The quantitative estimate of drug-likeness (QED) is 0.366. The molecule has 0 aliphatic rings. The first kappa shape index (κ1) is 14.4. The second kappa shape index (κ2) is 6.42. The van der Waals surface area contributed by atoms with Crippen LogP contribution in [0.3, 0.4) is 0 Å². The van der Waals surface area contributed by atoms with Gasteiger partial charge in [0.05, 0.1) is 0 Å². The molecule has 0 unspecified atom stereocenters. The average Bonchev–Trinajstić information content (AvgIpc) is 2.48. The monoisotopic (exact) mass is 284 g/mol. The van der Waals surface area contributed by atoms with Crippen molar-refractivity contribution in [2.45, 2.75) is 0 Å². The van der Waals surface area contributed by atoms with E-state index in [9.17, 15) is 0 Å². The Morgan fingerprint density at radius 1 is 0.714 bits per heavy atom. The third kappa shape index (κ3) is 3.97. The molecular weight excluding hydrogens is 268 g/mol. The summed E-state index contributed by atoms with van der Waals surface area (Å²) in [5.41, 5.74) is 12.0. The highest BCUT2D eigenvalue weighted by Gasteiger charge is 2.00. The normalized spacial score (nSPS) is 9.90. The van der Waals surface area contributed by atoms with E-state index in [1.54, 1.807) is 48.5 Å². The van der Waals surface area contributed by atoms with Gasteiger partial charge in [-0.15, -0.1) is 0 Å². The molecule has 0 fully saturated rings. The molecule has 0 amide bonds. The number of benzene rings is 2. The van der Waals surface area contributed by atoms with Crippen LogP contribution in [0.5, 0.6) is 11.5 Å². The zero-order chi connectivity index (χ0) is 15.2. The number of rotatable bonds is 6. The molecule has 0 aromatic heterocycles. The van der Waals surface area contributed by atoms with Crippen molar-refractivity contribution in [2.75, 3.05) is 6.79 Å². The largest absolute Gasteiger partial charge is 0.458 e. The summed E-state index contributed by atoms with van der Waals surface area (Å²) in [6.45, 7) is 0.0544. The molecule has 0 spiro atoms. The highest BCUT2D eigenvalue weighted by Crippen LogP contribution is 2.14. The van der Waals surface area contributed by atoms with E-state index >= 15 is 0 Å². The molecule has 2 rings (SSSR count). The lowest BCUT2D eigenvalue weighted by Crippen LogP contribution is -2.11. The van der Waals surface area contributed by atoms with Gasteiger partial charge in [-0.1, -0.05) is 0 Å². The van der Waals surface area contributed by atoms with Crippen LogP contribution in [0.15, 0.2) is 48.5 Å². The van der Waals surface area contributed by atoms with Crippen LogP contribution in [0, 0.1) is 10.8 Å². The van der Waals surface area contributed by atoms with Crippen molar-refractivity contribution in [3.8, 4) is 11.5 Å². The smallest absolute Gasteiger partial charge is 0.230 e. The summed E-state index contributed by atoms with van der Waals surface area (Å²) < 4.78 is 10.8. The molecule has 0 heterocycles. The molecule has 6 N–H and O–H groups in total. The fraction of sp³-hybridized carbons (Fsp3) is 0.0667. The van der Waals surface area contributed by atoms with Gasteiger partial charge in [0.2, 0.25) is 6.79 Å². The zero-order valence-corrected chi connectivity index (χ0v) is 11.3. The van der Waals surface area contributed by atoms with Gasteiger partial charge in [-0.25, -0.2) is 0 Å². The maximum Gasteiger partial charge on any atom is 0.230 e. The van der Waals surface area contributed by atoms with Gasteiger partial charge in [0.25, 0.3) is 0 Å². The summed E-state index contributed by atoms with van der Waals surface area (Å²) in [5.74, 6) is 1.28. The minimum absolute atomic E-state index is 0.0170. The summed E-state index contributed by atoms with van der Waals surface area (Å²) in [6.07, 6.45) is 0. The highest BCUT2D eigenvalue weighted by atomic mass is 16.7. The van der Waals surface area contributed by atoms with Crippen LogP contribution < -0.4 is 20.9 Å². The lowest BCUT2D eigenvalue weighted by Gasteiger charge is -2.09. The summed E-state index contributed by atoms with van der Waals surface area (Å²) >= 11 is 0. The summed E-state index contributed by atoms with van der Waals surface area (Å²) in [6, 6.07) is 13.7. The van der Waals surface area contributed by atoms with Gasteiger partial charge in [0.15, 0.2) is 0 Å². The average molecular weight is 284 g/mol. The van der Waals surface area contributed by atoms with E-state index in [1.807, 2.05) is 0 Å². The molecule has 0 saturated heterocycles. The van der Waals surface area contributed by atoms with Gasteiger partial charge in [0.1, 0.15) is 23.2 Å². The van der Waals surface area contributed by atoms with Crippen LogP contribution in [-0.4, -0.2) is 18.5 Å². The molecular formula is C15H16N4O2. The number of hydrogen-bond acceptors (Lipinski definition) is 4. The maximum atomic E-state index is 7.29. The number of amidine groups is 2. The fourth-order valence-electron chi connectivity index (χ4n) is 1.63. The zero-order valence-electron chi connectivity index (χ0n) is 11.3. The van der Waals surface area contributed by atoms with Crippen LogP contribution in [0.25, 0.3) is 0 Å². The summed E-state index contributed by atoms with van der Waals surface area (Å²) in [7, 11) is 0. The Bertz CT molecular complexity index is 578. The first-order chi connectivity index (χ1) is 10.1. The number of hydrogen-bond donors (Lipinski definition) is 4. The van der Waals surface area contributed by atoms with Crippen LogP contribution in [0.2, 0.25) is 0 Å². The van der Waals surface area contributed by atoms with Crippen molar-refractivity contribution in [2.24, 2.45) is 11.5 Å². The summed E-state index contributed by atoms with van der Waals surface area (Å²) in [5, 5.41) is 14.6. The van der Waals surface area contributed by atoms with Gasteiger partial charge >= 0.3 is 0 Å². The van der Waals surface area contributed by atoms with Gasteiger partial charge in [-0.2, -0.15) is 0 Å². The Kier molecular flexibility index (Phi) is 4.40. The first-order valence-corrected chi connectivity index (χ1v) is 6.21. The van der Waals surface area contributed by atoms with Gasteiger partial charge in [0, 0.05) is 11.1 Å². The molecule has 6 heteroatoms. The van der Waals surface area contributed by atoms with Crippen LogP contribution in [0.4, 0.5) is 0 Å². The molecule has 2 aromatic rings. The van der Waals surface area contributed by atoms with Gasteiger partial charge < -0.3 is 20.9 Å². The number of nitrogens with one attached hydrogen (secondary N) is 2. The lowest BCUT2D eigenvalue weighted by atomic mass is 10.2. The SMILES string of the molecule is N=C(N)c1ccc(OCOc2ccc(C(=N)N)cc2)cc1. The highest BCUT2D eigenvalue weighted by molar-refractivity contribution is 5.95. The van der Waals surface area contributed by atoms with E-state index in [-0.39, 0.29) is 18.5 Å². The standard InChI is InChI=1S/C15H16N4O2/c16-14(17)10-1-5-12(6-2-10)20-9-21-13-7-3-11(4-8-13)15(18)19/h1-8H,9H2,(H3,16,17)(H3,18,19). The van der Waals surface area contributed by atoms with Gasteiger partial charge in [-0.05, 0) is 48.5 Å². The molecule has 0 aliphatic heterocycles. The Morgan fingerprint density at radius 3 is 1.33 bits per heavy atom. The molecule has 6 nitrogen and oxygen atoms in total. The molecule has 0 atom stereocenters. The maximum absolute atomic E-state index is 7.29. The van der Waals surface area contributed by atoms with E-state index in [0.717, 1.165) is 0 Å². The van der Waals surface area contributed by atoms with Crippen molar-refractivity contribution < 1.29 is 9.47 Å². The molecule has 0 saturated carbocycles. The van der Waals surface area contributed by atoms with Gasteiger partial charge in [-0.3, -0.25) is 10.8 Å². The molecule has 0 radical (unpaired) electrons. The number of nitrogen functional groups attached to an aromatic ring is 2. The topological polar surface area (TPSA) is 118 Å². The minimum Gasteiger partial charge on any atom is -0.458 e. The van der Waals surface area contributed by atoms with E-state index < -0.39 is 0 Å². The van der Waals surface area contributed by atoms with E-state index in [4.69, 9.17) is 31.8 Å². The predicted molar refractivity (Wildman–Crippen MR) is 81.0 cm³/mol. The lowest BCUT2D eigenvalue weighted by molar-refractivity contribution is 0.120. The fourth-order valence-corrected chi connectivity index (χ4v) is 1.63. The van der Waals surface area contributed by atoms with E-state index in [1.165, 1.54) is 0 Å². The summed E-state index contributed by atoms with van der Waals surface area (Å²) in [4.78, 5) is 0. The van der Waals surface area contributed by atoms with Crippen molar-refractivity contribution in [3.05, 3.63) is 59.7 Å².